The first-order valence-corrected chi connectivity index (χ1v) is 6.30. The molecule has 0 aliphatic carbocycles. The van der Waals surface area contributed by atoms with Gasteiger partial charge in [-0.1, -0.05) is 26.0 Å². The standard InChI is InChI=1S/C15H15NO4/c1-9-10(2)15(20)16(14(9)19)12-6-3-11(4-7-12)5-8-13(17)18/h3-10H,1-2H3,(H,17,18)/b8-5+. The van der Waals surface area contributed by atoms with E-state index in [9.17, 15) is 14.4 Å². The lowest BCUT2D eigenvalue weighted by Crippen LogP contribution is -2.30. The quantitative estimate of drug-likeness (QED) is 0.674. The van der Waals surface area contributed by atoms with Gasteiger partial charge in [0.25, 0.3) is 0 Å². The first-order chi connectivity index (χ1) is 9.41. The minimum Gasteiger partial charge on any atom is -0.478 e. The lowest BCUT2D eigenvalue weighted by molar-refractivity contribution is -0.131. The van der Waals surface area contributed by atoms with E-state index in [-0.39, 0.29) is 23.7 Å². The summed E-state index contributed by atoms with van der Waals surface area (Å²) in [6.45, 7) is 3.49. The van der Waals surface area contributed by atoms with Gasteiger partial charge in [-0.15, -0.1) is 0 Å². The van der Waals surface area contributed by atoms with E-state index in [2.05, 4.69) is 0 Å². The first kappa shape index (κ1) is 14.0. The summed E-state index contributed by atoms with van der Waals surface area (Å²) >= 11 is 0. The largest absolute Gasteiger partial charge is 0.478 e. The molecule has 1 fully saturated rings. The third-order valence-corrected chi connectivity index (χ3v) is 3.54. The molecule has 5 nitrogen and oxygen atoms in total. The number of imide groups is 1. The summed E-state index contributed by atoms with van der Waals surface area (Å²) in [6.07, 6.45) is 2.48. The average Bonchev–Trinajstić information content (AvgIpc) is 2.62. The molecule has 1 heterocycles. The number of benzene rings is 1. The molecule has 5 heteroatoms. The van der Waals surface area contributed by atoms with Gasteiger partial charge in [0.15, 0.2) is 0 Å². The van der Waals surface area contributed by atoms with Crippen molar-refractivity contribution in [2.45, 2.75) is 13.8 Å². The summed E-state index contributed by atoms with van der Waals surface area (Å²) < 4.78 is 0. The Balaban J connectivity index is 2.25. The highest BCUT2D eigenvalue weighted by atomic mass is 16.4. The van der Waals surface area contributed by atoms with E-state index in [4.69, 9.17) is 5.11 Å². The van der Waals surface area contributed by atoms with Gasteiger partial charge < -0.3 is 5.11 Å². The van der Waals surface area contributed by atoms with Gasteiger partial charge in [-0.3, -0.25) is 14.5 Å². The highest BCUT2D eigenvalue weighted by Gasteiger charge is 2.42. The number of anilines is 1. The Bertz CT molecular complexity index is 568. The van der Waals surface area contributed by atoms with Crippen LogP contribution in [0.4, 0.5) is 5.69 Å². The molecule has 1 N–H and O–H groups in total. The van der Waals surface area contributed by atoms with Gasteiger partial charge >= 0.3 is 5.97 Å². The molecular formula is C15H15NO4. The fourth-order valence-electron chi connectivity index (χ4n) is 2.10. The number of carboxylic acid groups (broad SMARTS) is 1. The SMILES string of the molecule is CC1C(=O)N(c2ccc(/C=C/C(=O)O)cc2)C(=O)C1C. The molecule has 1 aliphatic heterocycles. The van der Waals surface area contributed by atoms with Crippen LogP contribution in [0.3, 0.4) is 0 Å². The van der Waals surface area contributed by atoms with Crippen molar-refractivity contribution in [1.29, 1.82) is 0 Å². The van der Waals surface area contributed by atoms with Crippen molar-refractivity contribution in [3.63, 3.8) is 0 Å². The third-order valence-electron chi connectivity index (χ3n) is 3.54. The highest BCUT2D eigenvalue weighted by Crippen LogP contribution is 2.30. The van der Waals surface area contributed by atoms with Crippen LogP contribution in [0.5, 0.6) is 0 Å². The summed E-state index contributed by atoms with van der Waals surface area (Å²) in [7, 11) is 0. The molecule has 1 aromatic rings. The van der Waals surface area contributed by atoms with E-state index in [1.165, 1.54) is 11.0 Å². The van der Waals surface area contributed by atoms with Gasteiger partial charge in [-0.2, -0.15) is 0 Å². The molecule has 1 aromatic carbocycles. The third kappa shape index (κ3) is 2.47. The summed E-state index contributed by atoms with van der Waals surface area (Å²) in [5, 5.41) is 8.55. The van der Waals surface area contributed by atoms with Crippen molar-refractivity contribution in [2.75, 3.05) is 4.90 Å². The van der Waals surface area contributed by atoms with Gasteiger partial charge in [0.1, 0.15) is 0 Å². The Labute approximate surface area is 116 Å². The van der Waals surface area contributed by atoms with E-state index in [1.54, 1.807) is 38.1 Å². The summed E-state index contributed by atoms with van der Waals surface area (Å²) in [6, 6.07) is 6.62. The molecule has 0 radical (unpaired) electrons. The monoisotopic (exact) mass is 273 g/mol. The zero-order chi connectivity index (χ0) is 14.9. The smallest absolute Gasteiger partial charge is 0.328 e. The average molecular weight is 273 g/mol. The van der Waals surface area contributed by atoms with Crippen molar-refractivity contribution in [3.8, 4) is 0 Å². The summed E-state index contributed by atoms with van der Waals surface area (Å²) in [4.78, 5) is 35.7. The minimum absolute atomic E-state index is 0.198. The molecule has 2 unspecified atom stereocenters. The fourth-order valence-corrected chi connectivity index (χ4v) is 2.10. The van der Waals surface area contributed by atoms with E-state index in [0.717, 1.165) is 6.08 Å². The second-order valence-corrected chi connectivity index (χ2v) is 4.85. The number of hydrogen-bond acceptors (Lipinski definition) is 3. The Hall–Kier alpha value is -2.43. The maximum absolute atomic E-state index is 12.0. The topological polar surface area (TPSA) is 74.7 Å². The van der Waals surface area contributed by atoms with Crippen LogP contribution in [0.25, 0.3) is 6.08 Å². The van der Waals surface area contributed by atoms with Gasteiger partial charge in [0.05, 0.1) is 5.69 Å². The van der Waals surface area contributed by atoms with Crippen molar-refractivity contribution in [2.24, 2.45) is 11.8 Å². The molecule has 2 atom stereocenters. The Kier molecular flexibility index (Phi) is 3.70. The van der Waals surface area contributed by atoms with Gasteiger partial charge in [-0.25, -0.2) is 4.79 Å². The van der Waals surface area contributed by atoms with Crippen LogP contribution < -0.4 is 4.90 Å². The van der Waals surface area contributed by atoms with Crippen molar-refractivity contribution in [1.82, 2.24) is 0 Å². The van der Waals surface area contributed by atoms with Gasteiger partial charge in [0.2, 0.25) is 11.8 Å². The van der Waals surface area contributed by atoms with Gasteiger partial charge in [-0.05, 0) is 23.8 Å². The Morgan fingerprint density at radius 3 is 2.05 bits per heavy atom. The molecule has 20 heavy (non-hydrogen) atoms. The van der Waals surface area contributed by atoms with E-state index >= 15 is 0 Å². The van der Waals surface area contributed by atoms with Crippen LogP contribution in [-0.4, -0.2) is 22.9 Å². The number of carboxylic acids is 1. The van der Waals surface area contributed by atoms with E-state index in [1.807, 2.05) is 0 Å². The Morgan fingerprint density at radius 1 is 1.10 bits per heavy atom. The van der Waals surface area contributed by atoms with Crippen LogP contribution in [0.2, 0.25) is 0 Å². The maximum atomic E-state index is 12.0. The van der Waals surface area contributed by atoms with Crippen LogP contribution in [-0.2, 0) is 14.4 Å². The van der Waals surface area contributed by atoms with Crippen LogP contribution in [0.1, 0.15) is 19.4 Å². The fraction of sp³-hybridized carbons (Fsp3) is 0.267. The predicted molar refractivity (Wildman–Crippen MR) is 73.9 cm³/mol. The number of aliphatic carboxylic acids is 1. The molecule has 104 valence electrons. The zero-order valence-electron chi connectivity index (χ0n) is 11.2. The highest BCUT2D eigenvalue weighted by molar-refractivity contribution is 6.21. The van der Waals surface area contributed by atoms with Crippen molar-refractivity contribution >= 4 is 29.5 Å². The molecule has 1 saturated heterocycles. The number of carbonyl (C=O) groups excluding carboxylic acids is 2. The molecule has 1 aliphatic rings. The van der Waals surface area contributed by atoms with E-state index in [0.29, 0.717) is 11.3 Å². The second-order valence-electron chi connectivity index (χ2n) is 4.85. The van der Waals surface area contributed by atoms with Gasteiger partial charge in [0, 0.05) is 17.9 Å². The lowest BCUT2D eigenvalue weighted by atomic mass is 10.00. The summed E-state index contributed by atoms with van der Waals surface area (Å²) in [5.74, 6) is -2.04. The van der Waals surface area contributed by atoms with Crippen molar-refractivity contribution < 1.29 is 19.5 Å². The molecule has 2 rings (SSSR count). The van der Waals surface area contributed by atoms with Crippen LogP contribution in [0.15, 0.2) is 30.3 Å². The number of amides is 2. The normalized spacial score (nSPS) is 22.8. The van der Waals surface area contributed by atoms with Crippen LogP contribution in [0, 0.1) is 11.8 Å². The number of hydrogen-bond donors (Lipinski definition) is 1. The number of carbonyl (C=O) groups is 3. The molecule has 0 spiro atoms. The molecular weight excluding hydrogens is 258 g/mol. The first-order valence-electron chi connectivity index (χ1n) is 6.30. The minimum atomic E-state index is -1.03. The van der Waals surface area contributed by atoms with Crippen molar-refractivity contribution in [3.05, 3.63) is 35.9 Å². The zero-order valence-corrected chi connectivity index (χ0v) is 11.2. The summed E-state index contributed by atoms with van der Waals surface area (Å²) in [5.41, 5.74) is 1.21. The predicted octanol–water partition coefficient (Wildman–Crippen LogP) is 1.93. The molecule has 2 amide bonds. The van der Waals surface area contributed by atoms with Crippen LogP contribution >= 0.6 is 0 Å². The Morgan fingerprint density at radius 2 is 1.60 bits per heavy atom. The molecule has 0 aromatic heterocycles. The number of nitrogens with zero attached hydrogens (tertiary/aromatic N) is 1. The van der Waals surface area contributed by atoms with E-state index < -0.39 is 5.97 Å². The maximum Gasteiger partial charge on any atom is 0.328 e. The second kappa shape index (κ2) is 5.28. The number of rotatable bonds is 3. The molecule has 0 bridgehead atoms. The lowest BCUT2D eigenvalue weighted by Gasteiger charge is -2.14. The molecule has 0 saturated carbocycles.